The zero-order valence-electron chi connectivity index (χ0n) is 19.1. The van der Waals surface area contributed by atoms with Crippen LogP contribution in [0, 0.1) is 5.41 Å². The van der Waals surface area contributed by atoms with E-state index in [4.69, 9.17) is 25.8 Å². The number of phenols is 1. The number of rotatable bonds is 7. The number of nitrogens with one attached hydrogen (secondary N) is 1. The fourth-order valence-electron chi connectivity index (χ4n) is 4.37. The second-order valence-corrected chi connectivity index (χ2v) is 9.22. The number of benzene rings is 1. The van der Waals surface area contributed by atoms with Gasteiger partial charge in [0.2, 0.25) is 0 Å². The number of aromatic hydroxyl groups is 1. The molecule has 2 aliphatic rings. The molecule has 8 heteroatoms. The molecule has 0 amide bonds. The number of esters is 1. The van der Waals surface area contributed by atoms with Crippen molar-refractivity contribution in [1.82, 2.24) is 5.32 Å². The Labute approximate surface area is 193 Å². The van der Waals surface area contributed by atoms with Gasteiger partial charge in [0.25, 0.3) is 0 Å². The molecule has 1 aliphatic heterocycles. The molecule has 1 atom stereocenters. The molecule has 0 spiro atoms. The smallest absolute Gasteiger partial charge is 0.336 e. The zero-order chi connectivity index (χ0) is 23.6. The number of ether oxygens (including phenoxy) is 3. The van der Waals surface area contributed by atoms with Crippen molar-refractivity contribution in [3.8, 4) is 11.5 Å². The summed E-state index contributed by atoms with van der Waals surface area (Å²) < 4.78 is 16.0. The van der Waals surface area contributed by atoms with Gasteiger partial charge >= 0.3 is 5.97 Å². The molecule has 0 saturated heterocycles. The summed E-state index contributed by atoms with van der Waals surface area (Å²) in [7, 11) is 1.42. The van der Waals surface area contributed by atoms with Gasteiger partial charge in [-0.25, -0.2) is 4.79 Å². The van der Waals surface area contributed by atoms with E-state index in [1.807, 2.05) is 20.8 Å². The van der Waals surface area contributed by atoms with Gasteiger partial charge in [-0.2, -0.15) is 0 Å². The molecule has 1 aromatic carbocycles. The van der Waals surface area contributed by atoms with Crippen LogP contribution in [0.2, 0.25) is 5.02 Å². The summed E-state index contributed by atoms with van der Waals surface area (Å²) in [6.07, 6.45) is 1.02. The lowest BCUT2D eigenvalue weighted by Gasteiger charge is -2.39. The average molecular weight is 464 g/mol. The van der Waals surface area contributed by atoms with Crippen LogP contribution in [0.1, 0.15) is 52.0 Å². The first-order valence-corrected chi connectivity index (χ1v) is 11.0. The number of halogens is 1. The molecule has 174 valence electrons. The molecule has 0 fully saturated rings. The number of carbonyl (C=O) groups excluding carboxylic acids is 2. The molecule has 32 heavy (non-hydrogen) atoms. The number of Topliss-reactive ketones (excluding diaryl/α,β-unsaturated/α-hetero) is 1. The van der Waals surface area contributed by atoms with E-state index in [-0.39, 0.29) is 40.9 Å². The lowest BCUT2D eigenvalue weighted by molar-refractivity contribution is -0.140. The van der Waals surface area contributed by atoms with Crippen molar-refractivity contribution in [2.45, 2.75) is 46.5 Å². The van der Waals surface area contributed by atoms with E-state index in [1.165, 1.54) is 7.11 Å². The van der Waals surface area contributed by atoms with Crippen molar-refractivity contribution < 1.29 is 28.9 Å². The average Bonchev–Trinajstić information content (AvgIpc) is 2.71. The third-order valence-corrected chi connectivity index (χ3v) is 6.02. The Morgan fingerprint density at radius 2 is 2.00 bits per heavy atom. The van der Waals surface area contributed by atoms with Crippen molar-refractivity contribution in [3.05, 3.63) is 45.3 Å². The van der Waals surface area contributed by atoms with Crippen LogP contribution in [0.15, 0.2) is 34.7 Å². The van der Waals surface area contributed by atoms with Crippen LogP contribution in [0.5, 0.6) is 11.5 Å². The number of methoxy groups -OCH3 is 1. The van der Waals surface area contributed by atoms with Crippen molar-refractivity contribution in [3.63, 3.8) is 0 Å². The number of dihydropyridines is 1. The minimum atomic E-state index is -0.693. The minimum Gasteiger partial charge on any atom is -0.503 e. The van der Waals surface area contributed by atoms with E-state index in [0.29, 0.717) is 41.9 Å². The monoisotopic (exact) mass is 463 g/mol. The summed E-state index contributed by atoms with van der Waals surface area (Å²) in [4.78, 5) is 26.4. The Bertz CT molecular complexity index is 994. The third-order valence-electron chi connectivity index (χ3n) is 5.73. The summed E-state index contributed by atoms with van der Waals surface area (Å²) in [6.45, 7) is 8.65. The van der Waals surface area contributed by atoms with Gasteiger partial charge in [0, 0.05) is 35.9 Å². The van der Waals surface area contributed by atoms with Crippen LogP contribution in [-0.4, -0.2) is 43.8 Å². The van der Waals surface area contributed by atoms with Crippen molar-refractivity contribution in [1.29, 1.82) is 0 Å². The van der Waals surface area contributed by atoms with Gasteiger partial charge in [-0.05, 0) is 43.4 Å². The molecule has 7 nitrogen and oxygen atoms in total. The first kappa shape index (κ1) is 24.1. The van der Waals surface area contributed by atoms with Crippen molar-refractivity contribution in [2.24, 2.45) is 5.41 Å². The van der Waals surface area contributed by atoms with Gasteiger partial charge in [0.1, 0.15) is 6.61 Å². The third kappa shape index (κ3) is 4.79. The second kappa shape index (κ2) is 9.55. The molecule has 1 aliphatic carbocycles. The number of carbonyl (C=O) groups is 2. The van der Waals surface area contributed by atoms with Crippen LogP contribution < -0.4 is 10.1 Å². The summed E-state index contributed by atoms with van der Waals surface area (Å²) in [6, 6.07) is 3.17. The van der Waals surface area contributed by atoms with Crippen LogP contribution in [0.4, 0.5) is 0 Å². The highest BCUT2D eigenvalue weighted by Crippen LogP contribution is 2.48. The molecule has 0 unspecified atom stereocenters. The summed E-state index contributed by atoms with van der Waals surface area (Å²) >= 11 is 6.26. The van der Waals surface area contributed by atoms with Crippen LogP contribution in [0.3, 0.4) is 0 Å². The largest absolute Gasteiger partial charge is 0.503 e. The normalized spacial score (nSPS) is 20.1. The molecule has 0 radical (unpaired) electrons. The molecular weight excluding hydrogens is 434 g/mol. The number of hydrogen-bond acceptors (Lipinski definition) is 7. The van der Waals surface area contributed by atoms with Gasteiger partial charge in [0.05, 0.1) is 24.3 Å². The predicted octanol–water partition coefficient (Wildman–Crippen LogP) is 4.24. The minimum absolute atomic E-state index is 0.0379. The van der Waals surface area contributed by atoms with E-state index in [2.05, 4.69) is 5.32 Å². The van der Waals surface area contributed by atoms with Gasteiger partial charge in [-0.15, -0.1) is 0 Å². The Balaban J connectivity index is 2.12. The number of hydrogen-bond donors (Lipinski definition) is 2. The predicted molar refractivity (Wildman–Crippen MR) is 121 cm³/mol. The quantitative estimate of drug-likeness (QED) is 0.461. The van der Waals surface area contributed by atoms with Crippen molar-refractivity contribution >= 4 is 23.4 Å². The second-order valence-electron chi connectivity index (χ2n) is 8.82. The van der Waals surface area contributed by atoms with Crippen LogP contribution >= 0.6 is 11.6 Å². The maximum atomic E-state index is 13.3. The van der Waals surface area contributed by atoms with E-state index in [1.54, 1.807) is 19.1 Å². The Hall–Kier alpha value is -2.51. The van der Waals surface area contributed by atoms with E-state index >= 15 is 0 Å². The molecule has 2 N–H and O–H groups in total. The highest BCUT2D eigenvalue weighted by atomic mass is 35.5. The summed E-state index contributed by atoms with van der Waals surface area (Å²) in [5.74, 6) is -1.30. The lowest BCUT2D eigenvalue weighted by Crippen LogP contribution is -2.38. The topological polar surface area (TPSA) is 94.1 Å². The highest BCUT2D eigenvalue weighted by Gasteiger charge is 2.43. The van der Waals surface area contributed by atoms with Crippen LogP contribution in [-0.2, 0) is 19.1 Å². The van der Waals surface area contributed by atoms with Gasteiger partial charge in [-0.1, -0.05) is 25.4 Å². The number of phenolic OH excluding ortho intramolecular Hbond substituents is 1. The fraction of sp³-hybridized carbons (Fsp3) is 0.500. The maximum absolute atomic E-state index is 13.3. The molecule has 0 bridgehead atoms. The van der Waals surface area contributed by atoms with Crippen LogP contribution in [0.25, 0.3) is 0 Å². The van der Waals surface area contributed by atoms with E-state index < -0.39 is 11.9 Å². The Morgan fingerprint density at radius 1 is 1.28 bits per heavy atom. The molecule has 1 aromatic rings. The maximum Gasteiger partial charge on any atom is 0.336 e. The summed E-state index contributed by atoms with van der Waals surface area (Å²) in [5, 5.41) is 13.6. The molecular formula is C24H30ClNO6. The van der Waals surface area contributed by atoms with Gasteiger partial charge in [-0.3, -0.25) is 4.79 Å². The highest BCUT2D eigenvalue weighted by molar-refractivity contribution is 6.32. The molecule has 3 rings (SSSR count). The molecule has 0 aromatic heterocycles. The lowest BCUT2D eigenvalue weighted by atomic mass is 9.68. The zero-order valence-corrected chi connectivity index (χ0v) is 19.9. The standard InChI is InChI=1S/C24H30ClNO6/c1-6-31-7-8-32-23(29)19-13(2)26-16-11-24(3,4)12-17(27)21(16)20(19)14-9-15(25)22(28)18(10-14)30-5/h9-10,20,26,28H,6-8,11-12H2,1-5H3/t20-/m0/s1. The number of allylic oxidation sites excluding steroid dienone is 3. The first-order valence-electron chi connectivity index (χ1n) is 10.6. The first-order chi connectivity index (χ1) is 15.1. The molecule has 1 heterocycles. The Kier molecular flexibility index (Phi) is 7.20. The SMILES string of the molecule is CCOCCOC(=O)C1=C(C)NC2=C(C(=O)CC(C)(C)C2)[C@H]1c1cc(Cl)c(O)c(OC)c1. The van der Waals surface area contributed by atoms with Gasteiger partial charge < -0.3 is 24.6 Å². The van der Waals surface area contributed by atoms with E-state index in [9.17, 15) is 14.7 Å². The number of ketones is 1. The Morgan fingerprint density at radius 3 is 2.66 bits per heavy atom. The fourth-order valence-corrected chi connectivity index (χ4v) is 4.59. The van der Waals surface area contributed by atoms with Gasteiger partial charge in [0.15, 0.2) is 17.3 Å². The molecule has 0 saturated carbocycles. The van der Waals surface area contributed by atoms with Crippen molar-refractivity contribution in [2.75, 3.05) is 26.9 Å². The van der Waals surface area contributed by atoms with E-state index in [0.717, 1.165) is 5.70 Å². The summed E-state index contributed by atoms with van der Waals surface area (Å²) in [5.41, 5.74) is 2.63.